The van der Waals surface area contributed by atoms with E-state index in [9.17, 15) is 4.21 Å². The van der Waals surface area contributed by atoms with Crippen molar-refractivity contribution in [2.24, 2.45) is 0 Å². The minimum absolute atomic E-state index is 0.513. The predicted molar refractivity (Wildman–Crippen MR) is 84.1 cm³/mol. The summed E-state index contributed by atoms with van der Waals surface area (Å²) in [6.45, 7) is 0. The second kappa shape index (κ2) is 7.11. The van der Waals surface area contributed by atoms with Gasteiger partial charge in [-0.25, -0.2) is 0 Å². The van der Waals surface area contributed by atoms with Crippen LogP contribution in [0.4, 0.5) is 0 Å². The molecule has 0 N–H and O–H groups in total. The predicted octanol–water partition coefficient (Wildman–Crippen LogP) is 4.35. The summed E-state index contributed by atoms with van der Waals surface area (Å²) in [5.41, 5.74) is 0.857. The molecule has 2 nitrogen and oxygen atoms in total. The van der Waals surface area contributed by atoms with Crippen LogP contribution in [0.1, 0.15) is 10.9 Å². The van der Waals surface area contributed by atoms with Gasteiger partial charge in [0.25, 0.3) is 0 Å². The molecule has 0 bridgehead atoms. The minimum Gasteiger partial charge on any atom is -0.497 e. The number of benzene rings is 2. The second-order valence-corrected chi connectivity index (χ2v) is 6.91. The Kier molecular flexibility index (Phi) is 5.46. The van der Waals surface area contributed by atoms with E-state index in [1.165, 1.54) is 0 Å². The van der Waals surface area contributed by atoms with Gasteiger partial charge in [-0.15, -0.1) is 23.2 Å². The third-order valence-electron chi connectivity index (χ3n) is 2.84. The summed E-state index contributed by atoms with van der Waals surface area (Å²) in [5.74, 6) is 0.711. The molecule has 20 heavy (non-hydrogen) atoms. The maximum Gasteiger partial charge on any atom is 0.134 e. The molecular formula is C15H14Cl2O2S. The molecule has 0 amide bonds. The van der Waals surface area contributed by atoms with Crippen molar-refractivity contribution in [1.82, 2.24) is 0 Å². The molecule has 0 aliphatic carbocycles. The summed E-state index contributed by atoms with van der Waals surface area (Å²) in [5, 5.41) is -0.513. The number of hydrogen-bond donors (Lipinski definition) is 0. The van der Waals surface area contributed by atoms with Gasteiger partial charge in [-0.05, 0) is 29.8 Å². The Hall–Kier alpha value is -1.03. The third-order valence-corrected chi connectivity index (χ3v) is 5.78. The first-order valence-electron chi connectivity index (χ1n) is 6.01. The lowest BCUT2D eigenvalue weighted by molar-refractivity contribution is 0.414. The number of rotatable bonds is 5. The average Bonchev–Trinajstić information content (AvgIpc) is 2.53. The van der Waals surface area contributed by atoms with Crippen molar-refractivity contribution in [3.8, 4) is 5.75 Å². The highest BCUT2D eigenvalue weighted by Crippen LogP contribution is 2.32. The number of ether oxygens (including phenoxy) is 1. The Morgan fingerprint density at radius 1 is 1.00 bits per heavy atom. The van der Waals surface area contributed by atoms with Crippen LogP contribution in [0, 0.1) is 0 Å². The molecule has 3 atom stereocenters. The highest BCUT2D eigenvalue weighted by atomic mass is 35.5. The summed E-state index contributed by atoms with van der Waals surface area (Å²) in [7, 11) is 0.193. The van der Waals surface area contributed by atoms with Crippen molar-refractivity contribution in [1.29, 1.82) is 0 Å². The van der Waals surface area contributed by atoms with Gasteiger partial charge in [0.15, 0.2) is 0 Å². The molecule has 0 heterocycles. The van der Waals surface area contributed by atoms with Gasteiger partial charge in [0.2, 0.25) is 0 Å². The van der Waals surface area contributed by atoms with Gasteiger partial charge in [0.05, 0.1) is 23.3 Å². The summed E-state index contributed by atoms with van der Waals surface area (Å²) in [6.07, 6.45) is 0. The number of methoxy groups -OCH3 is 1. The lowest BCUT2D eigenvalue weighted by Gasteiger charge is -2.16. The van der Waals surface area contributed by atoms with Crippen molar-refractivity contribution in [2.45, 2.75) is 15.0 Å². The molecule has 5 heteroatoms. The molecule has 0 spiro atoms. The van der Waals surface area contributed by atoms with Gasteiger partial charge >= 0.3 is 0 Å². The van der Waals surface area contributed by atoms with Crippen molar-refractivity contribution in [3.05, 3.63) is 60.2 Å². The zero-order valence-corrected chi connectivity index (χ0v) is 13.2. The van der Waals surface area contributed by atoms with Crippen LogP contribution in [0.25, 0.3) is 0 Å². The maximum atomic E-state index is 12.4. The molecule has 0 saturated heterocycles. The maximum absolute atomic E-state index is 12.4. The van der Waals surface area contributed by atoms with Gasteiger partial charge in [-0.3, -0.25) is 4.21 Å². The van der Waals surface area contributed by atoms with E-state index in [-0.39, 0.29) is 0 Å². The summed E-state index contributed by atoms with van der Waals surface area (Å²) in [4.78, 5) is 0.632. The monoisotopic (exact) mass is 328 g/mol. The van der Waals surface area contributed by atoms with Crippen molar-refractivity contribution >= 4 is 34.0 Å². The molecule has 2 rings (SSSR count). The average molecular weight is 329 g/mol. The summed E-state index contributed by atoms with van der Waals surface area (Å²) >= 11 is 12.6. The standard InChI is InChI=1S/C15H14Cl2O2S/c1-19-12-7-9-13(10-8-12)20(18)15(17)14(16)11-5-3-2-4-6-11/h2-10,14-15H,1H3. The highest BCUT2D eigenvalue weighted by Gasteiger charge is 2.25. The molecule has 0 radical (unpaired) electrons. The number of halogens is 2. The van der Waals surface area contributed by atoms with Crippen LogP contribution in [-0.4, -0.2) is 16.0 Å². The zero-order valence-electron chi connectivity index (χ0n) is 10.8. The Balaban J connectivity index is 2.15. The molecule has 0 aromatic heterocycles. The van der Waals surface area contributed by atoms with Crippen LogP contribution in [0.2, 0.25) is 0 Å². The molecule has 0 aliphatic heterocycles. The second-order valence-electron chi connectivity index (χ2n) is 4.14. The van der Waals surface area contributed by atoms with Gasteiger partial charge in [-0.2, -0.15) is 0 Å². The van der Waals surface area contributed by atoms with Crippen LogP contribution in [0.5, 0.6) is 5.75 Å². The van der Waals surface area contributed by atoms with Gasteiger partial charge < -0.3 is 4.74 Å². The molecule has 3 unspecified atom stereocenters. The first kappa shape index (κ1) is 15.4. The zero-order chi connectivity index (χ0) is 14.5. The van der Waals surface area contributed by atoms with E-state index in [1.807, 2.05) is 30.3 Å². The lowest BCUT2D eigenvalue weighted by atomic mass is 10.2. The Bertz CT molecular complexity index is 572. The topological polar surface area (TPSA) is 26.3 Å². The molecule has 0 saturated carbocycles. The minimum atomic E-state index is -1.39. The lowest BCUT2D eigenvalue weighted by Crippen LogP contribution is -2.14. The van der Waals surface area contributed by atoms with E-state index in [2.05, 4.69) is 0 Å². The fourth-order valence-corrected chi connectivity index (χ4v) is 3.65. The Morgan fingerprint density at radius 3 is 2.15 bits per heavy atom. The fourth-order valence-electron chi connectivity index (χ4n) is 1.74. The quantitative estimate of drug-likeness (QED) is 0.763. The molecule has 106 valence electrons. The number of hydrogen-bond acceptors (Lipinski definition) is 2. The van der Waals surface area contributed by atoms with Crippen LogP contribution >= 0.6 is 23.2 Å². The molecular weight excluding hydrogens is 315 g/mol. The Labute approximate surface area is 131 Å². The largest absolute Gasteiger partial charge is 0.497 e. The van der Waals surface area contributed by atoms with Crippen molar-refractivity contribution in [2.75, 3.05) is 7.11 Å². The van der Waals surface area contributed by atoms with Crippen LogP contribution in [0.15, 0.2) is 59.5 Å². The SMILES string of the molecule is COc1ccc(S(=O)C(Cl)C(Cl)c2ccccc2)cc1. The van der Waals surface area contributed by atoms with Gasteiger partial charge in [-0.1, -0.05) is 30.3 Å². The van der Waals surface area contributed by atoms with Crippen molar-refractivity contribution < 1.29 is 8.95 Å². The normalized spacial score (nSPS) is 15.3. The van der Waals surface area contributed by atoms with Crippen LogP contribution < -0.4 is 4.74 Å². The highest BCUT2D eigenvalue weighted by molar-refractivity contribution is 7.87. The van der Waals surface area contributed by atoms with Crippen molar-refractivity contribution in [3.63, 3.8) is 0 Å². The Morgan fingerprint density at radius 2 is 1.60 bits per heavy atom. The fraction of sp³-hybridized carbons (Fsp3) is 0.200. The van der Waals surface area contributed by atoms with Gasteiger partial charge in [0.1, 0.15) is 10.5 Å². The molecule has 0 aliphatic rings. The van der Waals surface area contributed by atoms with Crippen LogP contribution in [-0.2, 0) is 10.8 Å². The van der Waals surface area contributed by atoms with E-state index >= 15 is 0 Å². The van der Waals surface area contributed by atoms with Gasteiger partial charge in [0, 0.05) is 4.90 Å². The molecule has 0 fully saturated rings. The first-order chi connectivity index (χ1) is 9.63. The summed E-state index contributed by atoms with van der Waals surface area (Å²) < 4.78 is 16.8. The van der Waals surface area contributed by atoms with E-state index in [1.54, 1.807) is 31.4 Å². The van der Waals surface area contributed by atoms with E-state index < -0.39 is 20.9 Å². The smallest absolute Gasteiger partial charge is 0.134 e. The summed E-state index contributed by atoms with van der Waals surface area (Å²) in [6, 6.07) is 16.4. The third kappa shape index (κ3) is 3.54. The van der Waals surface area contributed by atoms with Crippen LogP contribution in [0.3, 0.4) is 0 Å². The number of alkyl halides is 2. The molecule has 2 aromatic rings. The first-order valence-corrected chi connectivity index (χ1v) is 8.10. The molecule has 2 aromatic carbocycles. The van der Waals surface area contributed by atoms with E-state index in [4.69, 9.17) is 27.9 Å². The van der Waals surface area contributed by atoms with E-state index in [0.717, 1.165) is 5.56 Å². The van der Waals surface area contributed by atoms with E-state index in [0.29, 0.717) is 10.6 Å².